The molecule has 76 valence electrons. The maximum Gasteiger partial charge on any atom is 0.310 e. The molecule has 13 heavy (non-hydrogen) atoms. The van der Waals surface area contributed by atoms with Gasteiger partial charge in [0, 0.05) is 0 Å². The number of ether oxygens (including phenoxy) is 1. The fourth-order valence-corrected chi connectivity index (χ4v) is 0.744. The zero-order valence-corrected chi connectivity index (χ0v) is 8.70. The van der Waals surface area contributed by atoms with Crippen molar-refractivity contribution in [3.05, 3.63) is 12.2 Å². The first-order valence-electron chi connectivity index (χ1n) is 4.38. The lowest BCUT2D eigenvalue weighted by Gasteiger charge is -2.18. The molecule has 0 aliphatic carbocycles. The molecule has 0 saturated carbocycles. The van der Waals surface area contributed by atoms with Crippen molar-refractivity contribution in [2.24, 2.45) is 0 Å². The first-order valence-corrected chi connectivity index (χ1v) is 4.38. The lowest BCUT2D eigenvalue weighted by Crippen LogP contribution is -2.23. The average molecular weight is 186 g/mol. The summed E-state index contributed by atoms with van der Waals surface area (Å²) in [4.78, 5) is 11.1. The molecule has 3 heteroatoms. The van der Waals surface area contributed by atoms with Crippen molar-refractivity contribution >= 4 is 5.97 Å². The normalized spacial score (nSPS) is 14.5. The fraction of sp³-hybridized carbons (Fsp3) is 0.700. The molecule has 0 amide bonds. The molecule has 0 aromatic rings. The molecular formula is C10H18O3. The van der Waals surface area contributed by atoms with Gasteiger partial charge in [0.05, 0.1) is 12.5 Å². The minimum absolute atomic E-state index is 0.210. The van der Waals surface area contributed by atoms with E-state index >= 15 is 0 Å². The van der Waals surface area contributed by atoms with Crippen molar-refractivity contribution in [2.45, 2.75) is 45.8 Å². The first kappa shape index (κ1) is 12.2. The zero-order valence-electron chi connectivity index (χ0n) is 8.70. The number of carbonyl (C=O) groups excluding carboxylic acids is 1. The Morgan fingerprint density at radius 3 is 2.46 bits per heavy atom. The lowest BCUT2D eigenvalue weighted by atomic mass is 10.2. The van der Waals surface area contributed by atoms with Crippen LogP contribution in [0.2, 0.25) is 0 Å². The molecule has 0 bridgehead atoms. The van der Waals surface area contributed by atoms with Crippen LogP contribution in [0.4, 0.5) is 0 Å². The van der Waals surface area contributed by atoms with Crippen molar-refractivity contribution in [3.63, 3.8) is 0 Å². The Morgan fingerprint density at radius 2 is 2.08 bits per heavy atom. The van der Waals surface area contributed by atoms with Crippen LogP contribution in [0.15, 0.2) is 12.2 Å². The van der Waals surface area contributed by atoms with E-state index in [1.807, 2.05) is 20.8 Å². The zero-order chi connectivity index (χ0) is 10.5. The molecule has 0 aromatic heterocycles. The fourth-order valence-electron chi connectivity index (χ4n) is 0.744. The molecule has 0 unspecified atom stereocenters. The number of aliphatic hydroxyl groups excluding tert-OH is 1. The topological polar surface area (TPSA) is 46.5 Å². The van der Waals surface area contributed by atoms with E-state index in [2.05, 4.69) is 0 Å². The maximum absolute atomic E-state index is 11.1. The Labute approximate surface area is 79.4 Å². The molecule has 0 radical (unpaired) electrons. The van der Waals surface area contributed by atoms with Gasteiger partial charge in [0.1, 0.15) is 5.60 Å². The third-order valence-electron chi connectivity index (χ3n) is 1.12. The van der Waals surface area contributed by atoms with Gasteiger partial charge in [0.15, 0.2) is 0 Å². The SMILES string of the molecule is C[C@H](O)/C=C\CC(=O)OC(C)(C)C. The second kappa shape index (κ2) is 5.02. The minimum atomic E-state index is -0.512. The lowest BCUT2D eigenvalue weighted by molar-refractivity contribution is -0.153. The molecule has 1 N–H and O–H groups in total. The largest absolute Gasteiger partial charge is 0.460 e. The Morgan fingerprint density at radius 1 is 1.54 bits per heavy atom. The molecule has 1 atom stereocenters. The molecule has 3 nitrogen and oxygen atoms in total. The summed E-state index contributed by atoms with van der Waals surface area (Å²) in [5, 5.41) is 8.86. The smallest absolute Gasteiger partial charge is 0.310 e. The average Bonchev–Trinajstić information content (AvgIpc) is 1.81. The van der Waals surface area contributed by atoms with Crippen LogP contribution < -0.4 is 0 Å². The van der Waals surface area contributed by atoms with Gasteiger partial charge in [-0.05, 0) is 27.7 Å². The Bertz CT molecular complexity index is 187. The van der Waals surface area contributed by atoms with Crippen molar-refractivity contribution in [3.8, 4) is 0 Å². The van der Waals surface area contributed by atoms with E-state index in [1.165, 1.54) is 0 Å². The summed E-state index contributed by atoms with van der Waals surface area (Å²) in [6, 6.07) is 0. The number of rotatable bonds is 3. The van der Waals surface area contributed by atoms with Crippen molar-refractivity contribution in [1.82, 2.24) is 0 Å². The van der Waals surface area contributed by atoms with Gasteiger partial charge in [-0.1, -0.05) is 12.2 Å². The van der Waals surface area contributed by atoms with E-state index in [0.717, 1.165) is 0 Å². The predicted molar refractivity (Wildman–Crippen MR) is 51.3 cm³/mol. The van der Waals surface area contributed by atoms with Crippen LogP contribution in [0.1, 0.15) is 34.1 Å². The molecule has 0 heterocycles. The van der Waals surface area contributed by atoms with Crippen LogP contribution in [0, 0.1) is 0 Å². The molecule has 0 aliphatic heterocycles. The number of carbonyl (C=O) groups is 1. The molecule has 0 saturated heterocycles. The highest BCUT2D eigenvalue weighted by molar-refractivity contribution is 5.71. The summed E-state index contributed by atoms with van der Waals surface area (Å²) < 4.78 is 5.05. The van der Waals surface area contributed by atoms with Gasteiger partial charge >= 0.3 is 5.97 Å². The van der Waals surface area contributed by atoms with Crippen LogP contribution >= 0.6 is 0 Å². The van der Waals surface area contributed by atoms with Gasteiger partial charge in [-0.25, -0.2) is 0 Å². The van der Waals surface area contributed by atoms with Gasteiger partial charge in [-0.15, -0.1) is 0 Å². The standard InChI is InChI=1S/C10H18O3/c1-8(11)6-5-7-9(12)13-10(2,3)4/h5-6,8,11H,7H2,1-4H3/b6-5-/t8-/m0/s1. The van der Waals surface area contributed by atoms with Gasteiger partial charge in [0.2, 0.25) is 0 Å². The van der Waals surface area contributed by atoms with Gasteiger partial charge < -0.3 is 9.84 Å². The Balaban J connectivity index is 3.77. The molecule has 0 aliphatic rings. The van der Waals surface area contributed by atoms with E-state index in [1.54, 1.807) is 19.1 Å². The van der Waals surface area contributed by atoms with E-state index in [-0.39, 0.29) is 12.4 Å². The van der Waals surface area contributed by atoms with Crippen molar-refractivity contribution in [2.75, 3.05) is 0 Å². The highest BCUT2D eigenvalue weighted by atomic mass is 16.6. The molecule has 0 spiro atoms. The molecular weight excluding hydrogens is 168 g/mol. The summed E-state index contributed by atoms with van der Waals surface area (Å²) >= 11 is 0. The van der Waals surface area contributed by atoms with Crippen LogP contribution in [0.25, 0.3) is 0 Å². The van der Waals surface area contributed by atoms with E-state index in [9.17, 15) is 4.79 Å². The van der Waals surface area contributed by atoms with Crippen molar-refractivity contribution < 1.29 is 14.6 Å². The van der Waals surface area contributed by atoms with Gasteiger partial charge in [0.25, 0.3) is 0 Å². The summed E-state index contributed by atoms with van der Waals surface area (Å²) in [6.45, 7) is 7.10. The van der Waals surface area contributed by atoms with Crippen LogP contribution in [-0.2, 0) is 9.53 Å². The molecule has 0 rings (SSSR count). The summed E-state index contributed by atoms with van der Waals surface area (Å²) in [7, 11) is 0. The maximum atomic E-state index is 11.1. The van der Waals surface area contributed by atoms with Crippen LogP contribution in [0.3, 0.4) is 0 Å². The summed E-state index contributed by atoms with van der Waals surface area (Å²) in [5.41, 5.74) is -0.435. The Hall–Kier alpha value is -0.830. The summed E-state index contributed by atoms with van der Waals surface area (Å²) in [6.07, 6.45) is 2.87. The first-order chi connectivity index (χ1) is 5.81. The monoisotopic (exact) mass is 186 g/mol. The quantitative estimate of drug-likeness (QED) is 0.538. The summed E-state index contributed by atoms with van der Waals surface area (Å²) in [5.74, 6) is -0.274. The third-order valence-corrected chi connectivity index (χ3v) is 1.12. The van der Waals surface area contributed by atoms with E-state index in [0.29, 0.717) is 0 Å². The number of hydrogen-bond acceptors (Lipinski definition) is 3. The van der Waals surface area contributed by atoms with E-state index in [4.69, 9.17) is 9.84 Å². The highest BCUT2D eigenvalue weighted by Crippen LogP contribution is 2.08. The van der Waals surface area contributed by atoms with Crippen LogP contribution in [0.5, 0.6) is 0 Å². The third kappa shape index (κ3) is 9.08. The van der Waals surface area contributed by atoms with Crippen molar-refractivity contribution in [1.29, 1.82) is 0 Å². The van der Waals surface area contributed by atoms with Gasteiger partial charge in [-0.3, -0.25) is 4.79 Å². The number of esters is 1. The minimum Gasteiger partial charge on any atom is -0.460 e. The Kier molecular flexibility index (Phi) is 4.70. The van der Waals surface area contributed by atoms with Gasteiger partial charge in [-0.2, -0.15) is 0 Å². The van der Waals surface area contributed by atoms with Crippen LogP contribution in [-0.4, -0.2) is 22.8 Å². The number of hydrogen-bond donors (Lipinski definition) is 1. The highest BCUT2D eigenvalue weighted by Gasteiger charge is 2.14. The second-order valence-electron chi connectivity index (χ2n) is 3.96. The molecule has 0 aromatic carbocycles. The molecule has 0 fully saturated rings. The van der Waals surface area contributed by atoms with E-state index < -0.39 is 11.7 Å². The predicted octanol–water partition coefficient (Wildman–Crippen LogP) is 1.66. The number of aliphatic hydroxyl groups is 1. The second-order valence-corrected chi connectivity index (χ2v) is 3.96.